The van der Waals surface area contributed by atoms with Gasteiger partial charge in [-0.1, -0.05) is 24.3 Å². The highest BCUT2D eigenvalue weighted by Crippen LogP contribution is 2.36. The van der Waals surface area contributed by atoms with Crippen LogP contribution >= 0.6 is 0 Å². The average Bonchev–Trinajstić information content (AvgIpc) is 3.53. The van der Waals surface area contributed by atoms with Gasteiger partial charge in [0.25, 0.3) is 11.3 Å². The molecule has 1 saturated heterocycles. The topological polar surface area (TPSA) is 175 Å². The lowest BCUT2D eigenvalue weighted by molar-refractivity contribution is -0.207. The van der Waals surface area contributed by atoms with E-state index in [1.807, 2.05) is 0 Å². The first-order valence-corrected chi connectivity index (χ1v) is 12.6. The van der Waals surface area contributed by atoms with Crippen LogP contribution in [-0.2, 0) is 25.0 Å². The first-order valence-electron chi connectivity index (χ1n) is 11.5. The molecule has 5 atom stereocenters. The fourth-order valence-electron chi connectivity index (χ4n) is 4.07. The molecule has 0 spiro atoms. The van der Waals surface area contributed by atoms with Crippen molar-refractivity contribution in [2.45, 2.75) is 56.4 Å². The number of halogens is 3. The number of rotatable bonds is 10. The number of hydrogen-bond donors (Lipinski definition) is 4. The zero-order valence-corrected chi connectivity index (χ0v) is 20.6. The van der Waals surface area contributed by atoms with Crippen molar-refractivity contribution in [1.29, 1.82) is 0 Å². The minimum atomic E-state index is -4.92. The number of aromatic nitrogens is 4. The van der Waals surface area contributed by atoms with Gasteiger partial charge in [-0.3, -0.25) is 18.3 Å². The molecule has 0 aliphatic carbocycles. The van der Waals surface area contributed by atoms with Gasteiger partial charge in [-0.05, 0) is 30.4 Å². The van der Waals surface area contributed by atoms with E-state index in [-0.39, 0.29) is 30.8 Å². The van der Waals surface area contributed by atoms with Crippen LogP contribution in [0.15, 0.2) is 36.9 Å². The normalized spacial score (nSPS) is 20.3. The molecule has 1 aliphatic heterocycles. The van der Waals surface area contributed by atoms with E-state index in [4.69, 9.17) is 14.7 Å². The summed E-state index contributed by atoms with van der Waals surface area (Å²) in [6, 6.07) is 4.99. The lowest BCUT2D eigenvalue weighted by atomic mass is 9.95. The largest absolute Gasteiger partial charge is 0.418 e. The van der Waals surface area contributed by atoms with Crippen LogP contribution in [-0.4, -0.2) is 58.7 Å². The number of anilines is 1. The Morgan fingerprint density at radius 3 is 2.71 bits per heavy atom. The third-order valence-corrected chi connectivity index (χ3v) is 6.69. The van der Waals surface area contributed by atoms with Gasteiger partial charge in [-0.15, -0.1) is 0 Å². The van der Waals surface area contributed by atoms with Crippen molar-refractivity contribution in [2.24, 2.45) is 0 Å². The van der Waals surface area contributed by atoms with Crippen LogP contribution in [0.1, 0.15) is 55.2 Å². The van der Waals surface area contributed by atoms with Gasteiger partial charge in [0.05, 0.1) is 25.1 Å². The maximum absolute atomic E-state index is 12.9. The van der Waals surface area contributed by atoms with E-state index in [2.05, 4.69) is 19.7 Å². The fraction of sp³-hybridized carbons (Fsp3) is 0.455. The van der Waals surface area contributed by atoms with Gasteiger partial charge >= 0.3 is 6.18 Å². The van der Waals surface area contributed by atoms with E-state index in [1.165, 1.54) is 24.5 Å². The number of hydrogen-bond acceptors (Lipinski definition) is 10. The number of carbonyl (C=O) groups excluding carboxylic acids is 1. The highest BCUT2D eigenvalue weighted by Gasteiger charge is 2.41. The third kappa shape index (κ3) is 6.44. The van der Waals surface area contributed by atoms with Gasteiger partial charge in [0.1, 0.15) is 18.1 Å². The second-order valence-corrected chi connectivity index (χ2v) is 9.45. The second-order valence-electron chi connectivity index (χ2n) is 8.55. The number of nitrogens with zero attached hydrogens (tertiary/aromatic N) is 4. The zero-order valence-electron chi connectivity index (χ0n) is 19.7. The molecule has 1 aromatic carbocycles. The van der Waals surface area contributed by atoms with Gasteiger partial charge in [0.2, 0.25) is 5.91 Å². The fourth-order valence-corrected chi connectivity index (χ4v) is 4.69. The molecule has 1 amide bonds. The van der Waals surface area contributed by atoms with Crippen molar-refractivity contribution in [3.05, 3.63) is 48.0 Å². The van der Waals surface area contributed by atoms with Crippen LogP contribution in [0.5, 0.6) is 0 Å². The zero-order chi connectivity index (χ0) is 27.4. The minimum Gasteiger partial charge on any atom is -0.388 e. The van der Waals surface area contributed by atoms with Crippen molar-refractivity contribution in [2.75, 3.05) is 12.3 Å². The Balaban J connectivity index is 1.22. The van der Waals surface area contributed by atoms with Crippen molar-refractivity contribution < 1.29 is 41.3 Å². The van der Waals surface area contributed by atoms with Crippen LogP contribution < -0.4 is 10.5 Å². The Morgan fingerprint density at radius 2 is 1.97 bits per heavy atom. The number of nitrogens with one attached hydrogen (secondary N) is 1. The van der Waals surface area contributed by atoms with E-state index < -0.39 is 53.5 Å². The molecule has 0 radical (unpaired) electrons. The molecule has 2 aromatic heterocycles. The summed E-state index contributed by atoms with van der Waals surface area (Å²) >= 11 is -2.21. The van der Waals surface area contributed by atoms with Crippen LogP contribution in [0, 0.1) is 0 Å². The maximum atomic E-state index is 12.9. The summed E-state index contributed by atoms with van der Waals surface area (Å²) in [5, 5.41) is 19.9. The number of imidazole rings is 1. The molecule has 5 unspecified atom stereocenters. The number of alkyl halides is 3. The van der Waals surface area contributed by atoms with Crippen molar-refractivity contribution in [3.8, 4) is 0 Å². The summed E-state index contributed by atoms with van der Waals surface area (Å²) in [4.78, 5) is 24.4. The molecule has 5 N–H and O–H groups in total. The summed E-state index contributed by atoms with van der Waals surface area (Å²) < 4.78 is 65.8. The number of ether oxygens (including phenoxy) is 1. The molecule has 38 heavy (non-hydrogen) atoms. The smallest absolute Gasteiger partial charge is 0.388 e. The number of benzene rings is 1. The van der Waals surface area contributed by atoms with Crippen molar-refractivity contribution in [3.63, 3.8) is 0 Å². The molecular formula is C22H25F3N6O6S. The number of fused-ring (bicyclic) bond motifs is 1. The van der Waals surface area contributed by atoms with Crippen LogP contribution in [0.3, 0.4) is 0 Å². The number of carbonyl (C=O) groups is 1. The molecule has 12 nitrogen and oxygen atoms in total. The second kappa shape index (κ2) is 11.7. The molecule has 4 rings (SSSR count). The predicted octanol–water partition coefficient (Wildman–Crippen LogP) is 1.91. The molecule has 0 saturated carbocycles. The quantitative estimate of drug-likeness (QED) is 0.288. The average molecular weight is 559 g/mol. The molecule has 206 valence electrons. The van der Waals surface area contributed by atoms with E-state index in [0.29, 0.717) is 24.0 Å². The number of nitrogen functional groups attached to an aromatic ring is 1. The summed E-state index contributed by atoms with van der Waals surface area (Å²) in [6.07, 6.45) is -6.57. The van der Waals surface area contributed by atoms with Gasteiger partial charge in [0, 0.05) is 6.42 Å². The Bertz CT molecular complexity index is 1310. The summed E-state index contributed by atoms with van der Waals surface area (Å²) in [5.74, 6) is -0.503. The van der Waals surface area contributed by atoms with Gasteiger partial charge in [-0.2, -0.15) is 13.2 Å². The van der Waals surface area contributed by atoms with Gasteiger partial charge in [0.15, 0.2) is 17.6 Å². The Hall–Kier alpha value is -3.18. The lowest BCUT2D eigenvalue weighted by Gasteiger charge is -2.21. The van der Waals surface area contributed by atoms with Crippen LogP contribution in [0.2, 0.25) is 0 Å². The van der Waals surface area contributed by atoms with Crippen molar-refractivity contribution >= 4 is 34.2 Å². The lowest BCUT2D eigenvalue weighted by Crippen LogP contribution is -2.29. The van der Waals surface area contributed by atoms with E-state index >= 15 is 0 Å². The molecule has 0 bridgehead atoms. The molecule has 1 fully saturated rings. The summed E-state index contributed by atoms with van der Waals surface area (Å²) in [6.45, 7) is -0.0848. The summed E-state index contributed by atoms with van der Waals surface area (Å²) in [5.41, 5.74) is 6.09. The Morgan fingerprint density at radius 1 is 1.24 bits per heavy atom. The highest BCUT2D eigenvalue weighted by atomic mass is 32.2. The molecule has 3 aromatic rings. The summed E-state index contributed by atoms with van der Waals surface area (Å²) in [7, 11) is 0. The minimum absolute atomic E-state index is 0.0848. The van der Waals surface area contributed by atoms with Crippen molar-refractivity contribution in [1.82, 2.24) is 24.2 Å². The first kappa shape index (κ1) is 27.8. The van der Waals surface area contributed by atoms with Crippen LogP contribution in [0.25, 0.3) is 11.2 Å². The van der Waals surface area contributed by atoms with Gasteiger partial charge < -0.3 is 20.7 Å². The highest BCUT2D eigenvalue weighted by molar-refractivity contribution is 7.78. The number of amides is 1. The third-order valence-electron chi connectivity index (χ3n) is 5.95. The van der Waals surface area contributed by atoms with Crippen LogP contribution in [0.4, 0.5) is 19.0 Å². The molecule has 16 heteroatoms. The van der Waals surface area contributed by atoms with E-state index in [0.717, 1.165) is 6.07 Å². The standard InChI is InChI=1S/C22H25F3N6O6S/c23-22(24,25)19(34)14-4-2-1-3-13(14)15(32)6-7-16(33)30-38(35)36-9-12-5-8-17(37-12)31-11-29-18-20(26)27-10-28-21(18)31/h1-4,10-12,15,17,19,32,34H,5-9H2,(H,30,33)(H2,26,27,28). The predicted molar refractivity (Wildman–Crippen MR) is 127 cm³/mol. The van der Waals surface area contributed by atoms with Gasteiger partial charge in [-0.25, -0.2) is 19.2 Å². The monoisotopic (exact) mass is 558 g/mol. The number of nitrogens with two attached hydrogens (primary N) is 1. The number of aliphatic hydroxyl groups excluding tert-OH is 2. The Kier molecular flexibility index (Phi) is 8.57. The molecule has 1 aliphatic rings. The van der Waals surface area contributed by atoms with E-state index in [1.54, 1.807) is 10.9 Å². The Labute approximate surface area is 216 Å². The maximum Gasteiger partial charge on any atom is 0.418 e. The molecule has 3 heterocycles. The molecular weight excluding hydrogens is 533 g/mol. The first-order chi connectivity index (χ1) is 18.0. The number of aliphatic hydroxyl groups is 2. The SMILES string of the molecule is Nc1ncnc2c1ncn2C1CCC(COS(=O)NC(=O)CCC(O)c2ccccc2C(O)C(F)(F)F)O1. The van der Waals surface area contributed by atoms with E-state index in [9.17, 15) is 32.4 Å².